The lowest BCUT2D eigenvalue weighted by atomic mass is 10.2. The third-order valence-corrected chi connectivity index (χ3v) is 4.26. The van der Waals surface area contributed by atoms with E-state index in [9.17, 15) is 0 Å². The number of methoxy groups -OCH3 is 2. The first-order chi connectivity index (χ1) is 12.5. The van der Waals surface area contributed by atoms with Gasteiger partial charge in [0.25, 0.3) is 0 Å². The predicted molar refractivity (Wildman–Crippen MR) is 106 cm³/mol. The summed E-state index contributed by atoms with van der Waals surface area (Å²) in [6, 6.07) is 9.23. The second kappa shape index (κ2) is 9.79. The maximum atomic E-state index is 6.14. The van der Waals surface area contributed by atoms with Crippen LogP contribution in [0.4, 0.5) is 0 Å². The van der Waals surface area contributed by atoms with Crippen molar-refractivity contribution in [3.05, 3.63) is 41.5 Å². The van der Waals surface area contributed by atoms with E-state index in [1.807, 2.05) is 18.2 Å². The minimum atomic E-state index is 0.271. The molecular weight excluding hydrogens is 375 g/mol. The molecule has 2 aromatic carbocycles. The highest BCUT2D eigenvalue weighted by atomic mass is 35.5. The molecule has 6 heteroatoms. The molecule has 0 fully saturated rings. The molecule has 0 spiro atoms. The molecule has 2 aromatic rings. The van der Waals surface area contributed by atoms with Crippen LogP contribution in [0.3, 0.4) is 0 Å². The van der Waals surface area contributed by atoms with Gasteiger partial charge in [-0.3, -0.25) is 0 Å². The molecule has 0 N–H and O–H groups in total. The highest BCUT2D eigenvalue weighted by Crippen LogP contribution is 2.40. The van der Waals surface area contributed by atoms with Crippen LogP contribution >= 0.6 is 23.2 Å². The average molecular weight is 399 g/mol. The number of rotatable bonds is 9. The van der Waals surface area contributed by atoms with Crippen LogP contribution in [0.5, 0.6) is 28.7 Å². The standard InChI is InChI=1S/C20H24Cl2O4/c1-13(2)12-25-16-6-5-14(10-21)7-20(16)26-17-9-19(24-4)18(23-3)8-15(17)11-22/h5-9,13H,10-12H2,1-4H3. The first kappa shape index (κ1) is 20.5. The Kier molecular flexibility index (Phi) is 7.73. The maximum Gasteiger partial charge on any atom is 0.169 e. The SMILES string of the molecule is COc1cc(CCl)c(Oc2cc(CCl)ccc2OCC(C)C)cc1OC. The summed E-state index contributed by atoms with van der Waals surface area (Å²) in [5, 5.41) is 0. The number of hydrogen-bond acceptors (Lipinski definition) is 4. The molecule has 4 nitrogen and oxygen atoms in total. The Labute approximate surface area is 164 Å². The van der Waals surface area contributed by atoms with Crippen molar-refractivity contribution in [3.8, 4) is 28.7 Å². The van der Waals surface area contributed by atoms with Gasteiger partial charge in [0.2, 0.25) is 0 Å². The molecule has 2 rings (SSSR count). The molecule has 0 aliphatic rings. The Bertz CT molecular complexity index is 732. The quantitative estimate of drug-likeness (QED) is 0.484. The summed E-state index contributed by atoms with van der Waals surface area (Å²) < 4.78 is 22.7. The second-order valence-corrected chi connectivity index (χ2v) is 6.70. The smallest absolute Gasteiger partial charge is 0.169 e. The Morgan fingerprint density at radius 2 is 1.50 bits per heavy atom. The van der Waals surface area contributed by atoms with Crippen LogP contribution in [-0.4, -0.2) is 20.8 Å². The van der Waals surface area contributed by atoms with Crippen molar-refractivity contribution in [3.63, 3.8) is 0 Å². The molecule has 26 heavy (non-hydrogen) atoms. The van der Waals surface area contributed by atoms with Crippen LogP contribution in [0.1, 0.15) is 25.0 Å². The van der Waals surface area contributed by atoms with E-state index in [2.05, 4.69) is 13.8 Å². The van der Waals surface area contributed by atoms with E-state index in [1.54, 1.807) is 26.4 Å². The first-order valence-corrected chi connectivity index (χ1v) is 9.39. The molecule has 142 valence electrons. The lowest BCUT2D eigenvalue weighted by molar-refractivity contribution is 0.261. The monoisotopic (exact) mass is 398 g/mol. The zero-order chi connectivity index (χ0) is 19.1. The number of benzene rings is 2. The molecule has 0 saturated heterocycles. The lowest BCUT2D eigenvalue weighted by Crippen LogP contribution is -2.06. The number of halogens is 2. The maximum absolute atomic E-state index is 6.14. The van der Waals surface area contributed by atoms with Crippen molar-refractivity contribution in [1.82, 2.24) is 0 Å². The lowest BCUT2D eigenvalue weighted by Gasteiger charge is -2.18. The minimum Gasteiger partial charge on any atom is -0.493 e. The van der Waals surface area contributed by atoms with Gasteiger partial charge in [-0.15, -0.1) is 23.2 Å². The number of alkyl halides is 2. The summed E-state index contributed by atoms with van der Waals surface area (Å²) in [5.41, 5.74) is 1.72. The van der Waals surface area contributed by atoms with Crippen LogP contribution in [0.25, 0.3) is 0 Å². The van der Waals surface area contributed by atoms with Crippen molar-refractivity contribution in [1.29, 1.82) is 0 Å². The first-order valence-electron chi connectivity index (χ1n) is 8.32. The van der Waals surface area contributed by atoms with Gasteiger partial charge < -0.3 is 18.9 Å². The molecule has 0 aliphatic heterocycles. The van der Waals surface area contributed by atoms with Gasteiger partial charge in [-0.25, -0.2) is 0 Å². The summed E-state index contributed by atoms with van der Waals surface area (Å²) in [7, 11) is 3.16. The topological polar surface area (TPSA) is 36.9 Å². The zero-order valence-electron chi connectivity index (χ0n) is 15.5. The van der Waals surface area contributed by atoms with Crippen LogP contribution in [0, 0.1) is 5.92 Å². The zero-order valence-corrected chi connectivity index (χ0v) is 17.0. The van der Waals surface area contributed by atoms with E-state index in [1.165, 1.54) is 0 Å². The Morgan fingerprint density at radius 3 is 2.08 bits per heavy atom. The van der Waals surface area contributed by atoms with Crippen molar-refractivity contribution >= 4 is 23.2 Å². The summed E-state index contributed by atoms with van der Waals surface area (Å²) in [5.74, 6) is 4.04. The Morgan fingerprint density at radius 1 is 0.808 bits per heavy atom. The van der Waals surface area contributed by atoms with Gasteiger partial charge in [-0.2, -0.15) is 0 Å². The van der Waals surface area contributed by atoms with Gasteiger partial charge >= 0.3 is 0 Å². The average Bonchev–Trinajstić information content (AvgIpc) is 2.66. The van der Waals surface area contributed by atoms with Crippen molar-refractivity contribution in [2.24, 2.45) is 5.92 Å². The third kappa shape index (κ3) is 5.12. The largest absolute Gasteiger partial charge is 0.493 e. The van der Waals surface area contributed by atoms with E-state index < -0.39 is 0 Å². The molecule has 0 unspecified atom stereocenters. The highest BCUT2D eigenvalue weighted by molar-refractivity contribution is 6.17. The fourth-order valence-electron chi connectivity index (χ4n) is 2.31. The molecule has 0 bridgehead atoms. The van der Waals surface area contributed by atoms with E-state index in [0.717, 1.165) is 11.1 Å². The van der Waals surface area contributed by atoms with Gasteiger partial charge in [-0.05, 0) is 29.7 Å². The molecule has 0 atom stereocenters. The molecule has 0 saturated carbocycles. The molecule has 0 heterocycles. The van der Waals surface area contributed by atoms with Gasteiger partial charge in [-0.1, -0.05) is 19.9 Å². The van der Waals surface area contributed by atoms with E-state index >= 15 is 0 Å². The van der Waals surface area contributed by atoms with Gasteiger partial charge in [0.15, 0.2) is 23.0 Å². The predicted octanol–water partition coefficient (Wildman–Crippen LogP) is 6.01. The fraction of sp³-hybridized carbons (Fsp3) is 0.400. The van der Waals surface area contributed by atoms with E-state index in [-0.39, 0.29) is 5.88 Å². The van der Waals surface area contributed by atoms with Crippen LogP contribution < -0.4 is 18.9 Å². The molecule has 0 amide bonds. The molecule has 0 radical (unpaired) electrons. The number of hydrogen-bond donors (Lipinski definition) is 0. The highest BCUT2D eigenvalue weighted by Gasteiger charge is 2.15. The van der Waals surface area contributed by atoms with E-state index in [0.29, 0.717) is 47.2 Å². The fourth-order valence-corrected chi connectivity index (χ4v) is 2.69. The summed E-state index contributed by atoms with van der Waals surface area (Å²) in [6.07, 6.45) is 0. The molecular formula is C20H24Cl2O4. The van der Waals surface area contributed by atoms with Crippen LogP contribution in [0.2, 0.25) is 0 Å². The van der Waals surface area contributed by atoms with Gasteiger partial charge in [0, 0.05) is 17.5 Å². The van der Waals surface area contributed by atoms with Crippen molar-refractivity contribution < 1.29 is 18.9 Å². The Balaban J connectivity index is 2.42. The van der Waals surface area contributed by atoms with E-state index in [4.69, 9.17) is 42.1 Å². The molecule has 0 aromatic heterocycles. The summed E-state index contributed by atoms with van der Waals surface area (Å²) in [6.45, 7) is 4.77. The normalized spacial score (nSPS) is 10.7. The van der Waals surface area contributed by atoms with Crippen molar-refractivity contribution in [2.75, 3.05) is 20.8 Å². The minimum absolute atomic E-state index is 0.271. The number of ether oxygens (including phenoxy) is 4. The Hall–Kier alpha value is -1.78. The molecule has 0 aliphatic carbocycles. The third-order valence-electron chi connectivity index (χ3n) is 3.67. The van der Waals surface area contributed by atoms with Gasteiger partial charge in [0.05, 0.1) is 26.7 Å². The summed E-state index contributed by atoms with van der Waals surface area (Å²) in [4.78, 5) is 0. The second-order valence-electron chi connectivity index (χ2n) is 6.17. The van der Waals surface area contributed by atoms with Crippen LogP contribution in [0.15, 0.2) is 30.3 Å². The summed E-state index contributed by atoms with van der Waals surface area (Å²) >= 11 is 12.1. The van der Waals surface area contributed by atoms with Crippen LogP contribution in [-0.2, 0) is 11.8 Å². The van der Waals surface area contributed by atoms with Gasteiger partial charge in [0.1, 0.15) is 5.75 Å². The van der Waals surface area contributed by atoms with Crippen molar-refractivity contribution in [2.45, 2.75) is 25.6 Å².